The van der Waals surface area contributed by atoms with E-state index in [0.29, 0.717) is 0 Å². The van der Waals surface area contributed by atoms with Gasteiger partial charge in [-0.15, -0.1) is 0 Å². The standard InChI is InChI=1S/C13H10ClFN2O4/c1-2-21-13(20)11-8(12(18)19)6-17(16-11)7-3-4-9(14)10(15)5-7/h3-6H,2H2,1H3,(H,18,19). The predicted molar refractivity (Wildman–Crippen MR) is 71.4 cm³/mol. The van der Waals surface area contributed by atoms with Crippen molar-refractivity contribution in [1.29, 1.82) is 0 Å². The molecular weight excluding hydrogens is 303 g/mol. The monoisotopic (exact) mass is 312 g/mol. The summed E-state index contributed by atoms with van der Waals surface area (Å²) in [4.78, 5) is 22.8. The van der Waals surface area contributed by atoms with E-state index >= 15 is 0 Å². The number of carboxylic acid groups (broad SMARTS) is 1. The number of hydrogen-bond donors (Lipinski definition) is 1. The molecule has 1 aromatic heterocycles. The molecule has 1 N–H and O–H groups in total. The van der Waals surface area contributed by atoms with Crippen LogP contribution in [0.3, 0.4) is 0 Å². The number of rotatable bonds is 4. The van der Waals surface area contributed by atoms with Gasteiger partial charge in [-0.1, -0.05) is 11.6 Å². The topological polar surface area (TPSA) is 81.4 Å². The summed E-state index contributed by atoms with van der Waals surface area (Å²) in [5, 5.41) is 12.9. The van der Waals surface area contributed by atoms with Crippen LogP contribution in [0, 0.1) is 5.82 Å². The molecule has 0 aliphatic carbocycles. The summed E-state index contributed by atoms with van der Waals surface area (Å²) in [6.45, 7) is 1.67. The van der Waals surface area contributed by atoms with Crippen LogP contribution in [0.25, 0.3) is 5.69 Å². The predicted octanol–water partition coefficient (Wildman–Crippen LogP) is 2.54. The number of ether oxygens (including phenoxy) is 1. The maximum Gasteiger partial charge on any atom is 0.359 e. The van der Waals surface area contributed by atoms with Crippen LogP contribution >= 0.6 is 11.6 Å². The van der Waals surface area contributed by atoms with Gasteiger partial charge in [0, 0.05) is 12.3 Å². The molecule has 0 aliphatic heterocycles. The van der Waals surface area contributed by atoms with E-state index in [1.807, 2.05) is 0 Å². The smallest absolute Gasteiger partial charge is 0.359 e. The number of halogens is 2. The highest BCUT2D eigenvalue weighted by Crippen LogP contribution is 2.19. The first-order valence-electron chi connectivity index (χ1n) is 5.89. The van der Waals surface area contributed by atoms with Crippen LogP contribution in [0.15, 0.2) is 24.4 Å². The van der Waals surface area contributed by atoms with Crippen LogP contribution in [-0.2, 0) is 4.74 Å². The number of esters is 1. The first-order valence-corrected chi connectivity index (χ1v) is 6.27. The van der Waals surface area contributed by atoms with E-state index in [2.05, 4.69) is 5.10 Å². The second-order valence-corrected chi connectivity index (χ2v) is 4.37. The summed E-state index contributed by atoms with van der Waals surface area (Å²) in [6, 6.07) is 3.83. The van der Waals surface area contributed by atoms with Crippen LogP contribution in [0.1, 0.15) is 27.8 Å². The number of aromatic nitrogens is 2. The SMILES string of the molecule is CCOC(=O)c1nn(-c2ccc(Cl)c(F)c2)cc1C(=O)O. The third-order valence-electron chi connectivity index (χ3n) is 2.58. The molecule has 0 saturated carbocycles. The fourth-order valence-electron chi connectivity index (χ4n) is 1.64. The molecule has 0 saturated heterocycles. The van der Waals surface area contributed by atoms with Crippen LogP contribution in [-0.4, -0.2) is 33.4 Å². The van der Waals surface area contributed by atoms with Crippen molar-refractivity contribution >= 4 is 23.5 Å². The minimum absolute atomic E-state index is 0.0741. The summed E-state index contributed by atoms with van der Waals surface area (Å²) in [7, 11) is 0. The first-order chi connectivity index (χ1) is 9.93. The normalized spacial score (nSPS) is 10.4. The lowest BCUT2D eigenvalue weighted by atomic mass is 10.2. The van der Waals surface area contributed by atoms with Gasteiger partial charge in [0.2, 0.25) is 0 Å². The first kappa shape index (κ1) is 15.0. The van der Waals surface area contributed by atoms with Crippen molar-refractivity contribution in [2.75, 3.05) is 6.61 Å². The zero-order valence-electron chi connectivity index (χ0n) is 10.8. The van der Waals surface area contributed by atoms with E-state index < -0.39 is 17.8 Å². The molecule has 0 unspecified atom stereocenters. The van der Waals surface area contributed by atoms with Crippen LogP contribution < -0.4 is 0 Å². The molecule has 0 bridgehead atoms. The van der Waals surface area contributed by atoms with Crippen molar-refractivity contribution < 1.29 is 23.8 Å². The maximum absolute atomic E-state index is 13.4. The zero-order valence-corrected chi connectivity index (χ0v) is 11.6. The van der Waals surface area contributed by atoms with E-state index in [1.54, 1.807) is 6.92 Å². The molecule has 6 nitrogen and oxygen atoms in total. The molecular formula is C13H10ClFN2O4. The number of hydrogen-bond acceptors (Lipinski definition) is 4. The number of benzene rings is 1. The Morgan fingerprint density at radius 3 is 2.76 bits per heavy atom. The zero-order chi connectivity index (χ0) is 15.6. The minimum Gasteiger partial charge on any atom is -0.478 e. The lowest BCUT2D eigenvalue weighted by Crippen LogP contribution is -2.11. The van der Waals surface area contributed by atoms with Crippen molar-refractivity contribution in [3.05, 3.63) is 46.5 Å². The molecule has 0 radical (unpaired) electrons. The minimum atomic E-state index is -1.33. The Hall–Kier alpha value is -2.41. The molecule has 0 atom stereocenters. The highest BCUT2D eigenvalue weighted by molar-refractivity contribution is 6.30. The molecule has 1 heterocycles. The molecule has 8 heteroatoms. The maximum atomic E-state index is 13.4. The number of carbonyl (C=O) groups excluding carboxylic acids is 1. The highest BCUT2D eigenvalue weighted by Gasteiger charge is 2.23. The lowest BCUT2D eigenvalue weighted by molar-refractivity contribution is 0.0507. The molecule has 21 heavy (non-hydrogen) atoms. The van der Waals surface area contributed by atoms with E-state index in [9.17, 15) is 14.0 Å². The third kappa shape index (κ3) is 3.03. The Morgan fingerprint density at radius 2 is 2.19 bits per heavy atom. The van der Waals surface area contributed by atoms with E-state index in [1.165, 1.54) is 12.1 Å². The summed E-state index contributed by atoms with van der Waals surface area (Å²) in [5.41, 5.74) is -0.446. The van der Waals surface area contributed by atoms with Gasteiger partial charge in [-0.3, -0.25) is 0 Å². The van der Waals surface area contributed by atoms with Crippen LogP contribution in [0.2, 0.25) is 5.02 Å². The quantitative estimate of drug-likeness (QED) is 0.877. The molecule has 0 amide bonds. The summed E-state index contributed by atoms with van der Waals surface area (Å²) < 4.78 is 19.2. The number of aromatic carboxylic acids is 1. The second kappa shape index (κ2) is 5.92. The van der Waals surface area contributed by atoms with Gasteiger partial charge in [0.05, 0.1) is 17.3 Å². The highest BCUT2D eigenvalue weighted by atomic mass is 35.5. The van der Waals surface area contributed by atoms with Crippen molar-refractivity contribution in [3.8, 4) is 5.69 Å². The second-order valence-electron chi connectivity index (χ2n) is 3.96. The van der Waals surface area contributed by atoms with Gasteiger partial charge in [0.1, 0.15) is 11.4 Å². The number of nitrogens with zero attached hydrogens (tertiary/aromatic N) is 2. The third-order valence-corrected chi connectivity index (χ3v) is 2.89. The fraction of sp³-hybridized carbons (Fsp3) is 0.154. The molecule has 2 rings (SSSR count). The van der Waals surface area contributed by atoms with Gasteiger partial charge >= 0.3 is 11.9 Å². The number of carbonyl (C=O) groups is 2. The lowest BCUT2D eigenvalue weighted by Gasteiger charge is -2.02. The average molecular weight is 313 g/mol. The Bertz CT molecular complexity index is 714. The van der Waals surface area contributed by atoms with Crippen molar-refractivity contribution in [1.82, 2.24) is 9.78 Å². The van der Waals surface area contributed by atoms with E-state index in [-0.39, 0.29) is 28.6 Å². The molecule has 2 aromatic rings. The average Bonchev–Trinajstić information content (AvgIpc) is 2.87. The Kier molecular flexibility index (Phi) is 4.23. The Labute approximate surface area is 123 Å². The summed E-state index contributed by atoms with van der Waals surface area (Å²) in [6.07, 6.45) is 1.11. The van der Waals surface area contributed by atoms with Gasteiger partial charge < -0.3 is 9.84 Å². The van der Waals surface area contributed by atoms with Gasteiger partial charge in [0.25, 0.3) is 0 Å². The van der Waals surface area contributed by atoms with E-state index in [0.717, 1.165) is 16.9 Å². The number of carboxylic acids is 1. The van der Waals surface area contributed by atoms with Crippen molar-refractivity contribution in [2.45, 2.75) is 6.92 Å². The van der Waals surface area contributed by atoms with E-state index in [4.69, 9.17) is 21.4 Å². The molecule has 0 spiro atoms. The van der Waals surface area contributed by atoms with Crippen molar-refractivity contribution in [3.63, 3.8) is 0 Å². The Morgan fingerprint density at radius 1 is 1.48 bits per heavy atom. The molecule has 0 aliphatic rings. The van der Waals surface area contributed by atoms with Crippen molar-refractivity contribution in [2.24, 2.45) is 0 Å². The molecule has 110 valence electrons. The Balaban J connectivity index is 2.50. The summed E-state index contributed by atoms with van der Waals surface area (Å²) in [5.74, 6) is -2.87. The summed E-state index contributed by atoms with van der Waals surface area (Å²) >= 11 is 5.57. The van der Waals surface area contributed by atoms with Gasteiger partial charge in [-0.25, -0.2) is 18.7 Å². The molecule has 1 aromatic carbocycles. The fourth-order valence-corrected chi connectivity index (χ4v) is 1.76. The van der Waals surface area contributed by atoms with Crippen LogP contribution in [0.5, 0.6) is 0 Å². The van der Waals surface area contributed by atoms with Gasteiger partial charge in [-0.05, 0) is 19.1 Å². The van der Waals surface area contributed by atoms with Gasteiger partial charge in [0.15, 0.2) is 5.69 Å². The van der Waals surface area contributed by atoms with Crippen LogP contribution in [0.4, 0.5) is 4.39 Å². The molecule has 0 fully saturated rings. The largest absolute Gasteiger partial charge is 0.478 e. The van der Waals surface area contributed by atoms with Gasteiger partial charge in [-0.2, -0.15) is 5.10 Å².